The van der Waals surface area contributed by atoms with E-state index in [-0.39, 0.29) is 22.3 Å². The summed E-state index contributed by atoms with van der Waals surface area (Å²) >= 11 is 8.42. The van der Waals surface area contributed by atoms with Crippen LogP contribution in [-0.2, 0) is 15.3 Å². The maximum Gasteiger partial charge on any atom is 0.301 e. The van der Waals surface area contributed by atoms with Crippen molar-refractivity contribution in [3.8, 4) is 11.5 Å². The highest BCUT2D eigenvalue weighted by Gasteiger charge is 2.48. The quantitative estimate of drug-likeness (QED) is 0.0380. The fraction of sp³-hybridized carbons (Fsp3) is 0.273. The number of nitrogens with zero attached hydrogens (tertiary/aromatic N) is 3. The number of ether oxygens (including phenoxy) is 2. The monoisotopic (exact) mass is 667 g/mol. The molecule has 1 aliphatic heterocycles. The van der Waals surface area contributed by atoms with E-state index in [0.29, 0.717) is 56.5 Å². The standard InChI is InChI=1S/C33H31ClFN3O5S2/c1-3-5-8-17-43-25-16-13-21(18-26(25)42-4-2)28-27(29(39)20-11-14-23(34)15-12-20)30(40)31(41)38(28)32-36-37-33(45-32)44-19-22-9-6-7-10-24(22)35/h6-7,9-16,18,28,39H,3-5,8,17,19H2,1-2H3. The second-order valence-electron chi connectivity index (χ2n) is 10.1. The first-order valence-electron chi connectivity index (χ1n) is 14.5. The van der Waals surface area contributed by atoms with Crippen LogP contribution in [0, 0.1) is 5.82 Å². The van der Waals surface area contributed by atoms with Crippen LogP contribution in [0.4, 0.5) is 9.52 Å². The van der Waals surface area contributed by atoms with Gasteiger partial charge in [0.25, 0.3) is 5.78 Å². The van der Waals surface area contributed by atoms with Gasteiger partial charge in [0, 0.05) is 16.3 Å². The predicted molar refractivity (Wildman–Crippen MR) is 175 cm³/mol. The van der Waals surface area contributed by atoms with Crippen LogP contribution in [0.15, 0.2) is 76.6 Å². The molecule has 3 aromatic carbocycles. The van der Waals surface area contributed by atoms with Crippen molar-refractivity contribution in [2.24, 2.45) is 0 Å². The zero-order valence-electron chi connectivity index (χ0n) is 24.7. The summed E-state index contributed by atoms with van der Waals surface area (Å²) in [7, 11) is 0. The Bertz CT molecular complexity index is 1710. The fourth-order valence-corrected chi connectivity index (χ4v) is 6.82. The van der Waals surface area contributed by atoms with E-state index in [9.17, 15) is 19.1 Å². The van der Waals surface area contributed by atoms with Crippen molar-refractivity contribution in [3.63, 3.8) is 0 Å². The Morgan fingerprint density at radius 1 is 1.02 bits per heavy atom. The van der Waals surface area contributed by atoms with Crippen molar-refractivity contribution >= 4 is 57.3 Å². The molecule has 5 rings (SSSR count). The van der Waals surface area contributed by atoms with Crippen LogP contribution in [0.2, 0.25) is 5.02 Å². The lowest BCUT2D eigenvalue weighted by Gasteiger charge is -2.23. The van der Waals surface area contributed by atoms with Crippen molar-refractivity contribution < 1.29 is 28.6 Å². The van der Waals surface area contributed by atoms with Gasteiger partial charge in [-0.05, 0) is 66.9 Å². The molecule has 12 heteroatoms. The number of carbonyl (C=O) groups excluding carboxylic acids is 2. The van der Waals surface area contributed by atoms with Gasteiger partial charge in [0.05, 0.1) is 24.8 Å². The average molecular weight is 668 g/mol. The number of rotatable bonds is 13. The number of aliphatic hydroxyl groups excluding tert-OH is 1. The predicted octanol–water partition coefficient (Wildman–Crippen LogP) is 8.22. The van der Waals surface area contributed by atoms with E-state index in [4.69, 9.17) is 21.1 Å². The molecule has 0 radical (unpaired) electrons. The summed E-state index contributed by atoms with van der Waals surface area (Å²) in [6.07, 6.45) is 2.98. The number of amides is 1. The number of aliphatic hydroxyl groups is 1. The molecule has 0 bridgehead atoms. The van der Waals surface area contributed by atoms with E-state index in [2.05, 4.69) is 17.1 Å². The number of Topliss-reactive ketones (excluding diaryl/α,β-unsaturated/α-hetero) is 1. The number of halogens is 2. The molecule has 1 amide bonds. The summed E-state index contributed by atoms with van der Waals surface area (Å²) < 4.78 is 26.6. The van der Waals surface area contributed by atoms with Crippen LogP contribution in [-0.4, -0.2) is 40.2 Å². The molecule has 1 fully saturated rings. The van der Waals surface area contributed by atoms with Gasteiger partial charge in [-0.3, -0.25) is 14.5 Å². The third-order valence-electron chi connectivity index (χ3n) is 7.06. The SMILES string of the molecule is CCCCCOc1ccc(C2C(=C(O)c3ccc(Cl)cc3)C(=O)C(=O)N2c2nnc(SCc3ccccc3F)s2)cc1OCC. The molecule has 1 unspecified atom stereocenters. The summed E-state index contributed by atoms with van der Waals surface area (Å²) in [4.78, 5) is 28.5. The Labute approximate surface area is 273 Å². The minimum atomic E-state index is -1.05. The maximum absolute atomic E-state index is 14.2. The number of aromatic nitrogens is 2. The van der Waals surface area contributed by atoms with Gasteiger partial charge in [0.15, 0.2) is 15.8 Å². The smallest absolute Gasteiger partial charge is 0.301 e. The zero-order valence-corrected chi connectivity index (χ0v) is 27.1. The van der Waals surface area contributed by atoms with Gasteiger partial charge >= 0.3 is 5.91 Å². The topological polar surface area (TPSA) is 102 Å². The molecule has 1 aromatic heterocycles. The number of carbonyl (C=O) groups is 2. The molecule has 45 heavy (non-hydrogen) atoms. The molecule has 1 saturated heterocycles. The first-order valence-corrected chi connectivity index (χ1v) is 16.7. The molecular weight excluding hydrogens is 637 g/mol. The van der Waals surface area contributed by atoms with Gasteiger partial charge in [0.1, 0.15) is 11.6 Å². The zero-order chi connectivity index (χ0) is 31.9. The Hall–Kier alpha value is -3.93. The van der Waals surface area contributed by atoms with Crippen molar-refractivity contribution in [3.05, 3.63) is 99.8 Å². The van der Waals surface area contributed by atoms with Gasteiger partial charge in [-0.15, -0.1) is 10.2 Å². The molecule has 0 spiro atoms. The van der Waals surface area contributed by atoms with Crippen LogP contribution < -0.4 is 14.4 Å². The van der Waals surface area contributed by atoms with Crippen molar-refractivity contribution in [2.45, 2.75) is 49.2 Å². The minimum absolute atomic E-state index is 0.114. The lowest BCUT2D eigenvalue weighted by molar-refractivity contribution is -0.132. The molecule has 1 aliphatic rings. The molecule has 1 N–H and O–H groups in total. The highest BCUT2D eigenvalue weighted by atomic mass is 35.5. The van der Waals surface area contributed by atoms with Crippen molar-refractivity contribution in [1.29, 1.82) is 0 Å². The molecule has 1 atom stereocenters. The highest BCUT2D eigenvalue weighted by Crippen LogP contribution is 2.45. The van der Waals surface area contributed by atoms with Crippen LogP contribution in [0.25, 0.3) is 5.76 Å². The maximum atomic E-state index is 14.2. The van der Waals surface area contributed by atoms with E-state index in [1.54, 1.807) is 60.7 Å². The van der Waals surface area contributed by atoms with E-state index in [1.165, 1.54) is 22.7 Å². The molecule has 2 heterocycles. The lowest BCUT2D eigenvalue weighted by Crippen LogP contribution is -2.29. The van der Waals surface area contributed by atoms with Gasteiger partial charge in [-0.25, -0.2) is 4.39 Å². The number of unbranched alkanes of at least 4 members (excludes halogenated alkanes) is 2. The molecular formula is C33H31ClFN3O5S2. The number of ketones is 1. The van der Waals surface area contributed by atoms with Crippen LogP contribution in [0.5, 0.6) is 11.5 Å². The highest BCUT2D eigenvalue weighted by molar-refractivity contribution is 8.00. The summed E-state index contributed by atoms with van der Waals surface area (Å²) in [5.74, 6) is -1.14. The largest absolute Gasteiger partial charge is 0.507 e. The normalized spacial score (nSPS) is 15.9. The molecule has 8 nitrogen and oxygen atoms in total. The van der Waals surface area contributed by atoms with Crippen LogP contribution in [0.3, 0.4) is 0 Å². The summed E-state index contributed by atoms with van der Waals surface area (Å²) in [6, 6.07) is 16.9. The van der Waals surface area contributed by atoms with Crippen LogP contribution >= 0.6 is 34.7 Å². The second kappa shape index (κ2) is 14.9. The minimum Gasteiger partial charge on any atom is -0.507 e. The van der Waals surface area contributed by atoms with E-state index < -0.39 is 17.7 Å². The summed E-state index contributed by atoms with van der Waals surface area (Å²) in [6.45, 7) is 4.84. The first-order chi connectivity index (χ1) is 21.8. The third kappa shape index (κ3) is 7.32. The second-order valence-corrected chi connectivity index (χ2v) is 12.7. The first kappa shape index (κ1) is 32.5. The van der Waals surface area contributed by atoms with E-state index in [0.717, 1.165) is 30.6 Å². The lowest BCUT2D eigenvalue weighted by atomic mass is 9.95. The number of thioether (sulfide) groups is 1. The molecule has 0 saturated carbocycles. The van der Waals surface area contributed by atoms with Crippen molar-refractivity contribution in [1.82, 2.24) is 10.2 Å². The summed E-state index contributed by atoms with van der Waals surface area (Å²) in [5, 5.41) is 20.5. The van der Waals surface area contributed by atoms with Gasteiger partial charge in [0.2, 0.25) is 5.13 Å². The van der Waals surface area contributed by atoms with Crippen LogP contribution in [0.1, 0.15) is 55.8 Å². The number of anilines is 1. The van der Waals surface area contributed by atoms with E-state index >= 15 is 0 Å². The van der Waals surface area contributed by atoms with Gasteiger partial charge < -0.3 is 14.6 Å². The van der Waals surface area contributed by atoms with E-state index in [1.807, 2.05) is 6.92 Å². The fourth-order valence-electron chi connectivity index (χ4n) is 4.84. The molecule has 4 aromatic rings. The Morgan fingerprint density at radius 3 is 2.53 bits per heavy atom. The van der Waals surface area contributed by atoms with Crippen molar-refractivity contribution in [2.75, 3.05) is 18.1 Å². The number of benzene rings is 3. The Morgan fingerprint density at radius 2 is 1.80 bits per heavy atom. The third-order valence-corrected chi connectivity index (χ3v) is 9.42. The Kier molecular flexibility index (Phi) is 10.7. The molecule has 234 valence electrons. The Balaban J connectivity index is 1.55. The van der Waals surface area contributed by atoms with Gasteiger partial charge in [-0.2, -0.15) is 0 Å². The number of hydrogen-bond donors (Lipinski definition) is 1. The summed E-state index contributed by atoms with van der Waals surface area (Å²) in [5.41, 5.74) is 1.21. The number of hydrogen-bond acceptors (Lipinski definition) is 9. The average Bonchev–Trinajstić information content (AvgIpc) is 3.61. The van der Waals surface area contributed by atoms with Gasteiger partial charge in [-0.1, -0.05) is 78.7 Å². The molecule has 0 aliphatic carbocycles.